The monoisotopic (exact) mass is 402 g/mol. The highest BCUT2D eigenvalue weighted by Crippen LogP contribution is 2.33. The van der Waals surface area contributed by atoms with Gasteiger partial charge in [-0.3, -0.25) is 0 Å². The Bertz CT molecular complexity index is 893. The van der Waals surface area contributed by atoms with Crippen LogP contribution in [0, 0.1) is 0 Å². The van der Waals surface area contributed by atoms with Gasteiger partial charge in [0.25, 0.3) is 0 Å². The highest BCUT2D eigenvalue weighted by Gasteiger charge is 2.31. The van der Waals surface area contributed by atoms with Crippen LogP contribution in [0.15, 0.2) is 66.8 Å². The second-order valence-corrected chi connectivity index (χ2v) is 5.43. The van der Waals surface area contributed by atoms with Gasteiger partial charge >= 0.3 is 18.5 Å². The molecule has 0 heterocycles. The zero-order valence-corrected chi connectivity index (χ0v) is 13.9. The molecule has 0 saturated carbocycles. The summed E-state index contributed by atoms with van der Waals surface area (Å²) in [5.74, 6) is -1.79. The van der Waals surface area contributed by atoms with Gasteiger partial charge in [-0.2, -0.15) is 13.2 Å². The van der Waals surface area contributed by atoms with Crippen LogP contribution in [-0.2, 0) is 11.0 Å². The Labute approximate surface area is 155 Å². The van der Waals surface area contributed by atoms with E-state index in [1.165, 1.54) is 18.2 Å². The van der Waals surface area contributed by atoms with Crippen LogP contribution >= 0.6 is 0 Å². The number of carboxylic acids is 1. The minimum absolute atomic E-state index is 0.191. The first-order valence-electron chi connectivity index (χ1n) is 7.61. The molecule has 0 aliphatic rings. The SMILES string of the molecule is O=C(O)/C=C/C=C(/c1ccc(C(F)(F)F)cc1)c1cccc(OC(F)(F)F)c1. The summed E-state index contributed by atoms with van der Waals surface area (Å²) in [6.45, 7) is 0. The van der Waals surface area contributed by atoms with Crippen molar-refractivity contribution in [1.29, 1.82) is 0 Å². The molecule has 0 saturated heterocycles. The van der Waals surface area contributed by atoms with Crippen LogP contribution in [0.5, 0.6) is 5.75 Å². The fourth-order valence-corrected chi connectivity index (χ4v) is 2.29. The summed E-state index contributed by atoms with van der Waals surface area (Å²) < 4.78 is 79.3. The van der Waals surface area contributed by atoms with Crippen molar-refractivity contribution in [2.24, 2.45) is 0 Å². The van der Waals surface area contributed by atoms with Crippen molar-refractivity contribution >= 4 is 11.5 Å². The molecule has 0 amide bonds. The minimum atomic E-state index is -4.92. The molecule has 0 fully saturated rings. The van der Waals surface area contributed by atoms with Crippen LogP contribution in [0.2, 0.25) is 0 Å². The zero-order chi connectivity index (χ0) is 20.9. The Morgan fingerprint density at radius 2 is 1.57 bits per heavy atom. The molecule has 2 aromatic rings. The molecule has 0 atom stereocenters. The van der Waals surface area contributed by atoms with Crippen molar-refractivity contribution in [1.82, 2.24) is 0 Å². The third kappa shape index (κ3) is 6.19. The van der Waals surface area contributed by atoms with Crippen molar-refractivity contribution in [3.63, 3.8) is 0 Å². The number of benzene rings is 2. The normalized spacial score (nSPS) is 13.0. The highest BCUT2D eigenvalue weighted by atomic mass is 19.4. The van der Waals surface area contributed by atoms with Crippen molar-refractivity contribution in [2.45, 2.75) is 12.5 Å². The first kappa shape index (κ1) is 21.1. The molecule has 2 aromatic carbocycles. The molecule has 0 radical (unpaired) electrons. The molecule has 148 valence electrons. The second-order valence-electron chi connectivity index (χ2n) is 5.43. The number of alkyl halides is 6. The largest absolute Gasteiger partial charge is 0.573 e. The molecule has 0 spiro atoms. The van der Waals surface area contributed by atoms with Gasteiger partial charge in [-0.05, 0) is 41.0 Å². The summed E-state index contributed by atoms with van der Waals surface area (Å²) in [7, 11) is 0. The van der Waals surface area contributed by atoms with E-state index < -0.39 is 29.8 Å². The van der Waals surface area contributed by atoms with E-state index in [1.54, 1.807) is 0 Å². The number of halogens is 6. The molecular weight excluding hydrogens is 390 g/mol. The molecule has 1 N–H and O–H groups in total. The van der Waals surface area contributed by atoms with Crippen LogP contribution in [-0.4, -0.2) is 17.4 Å². The van der Waals surface area contributed by atoms with Crippen molar-refractivity contribution in [3.8, 4) is 5.75 Å². The van der Waals surface area contributed by atoms with E-state index in [0.29, 0.717) is 0 Å². The standard InChI is InChI=1S/C19H12F6O3/c20-18(21,22)14-9-7-12(8-10-14)16(5-2-6-17(26)27)13-3-1-4-15(11-13)28-19(23,24)25/h1-11H,(H,26,27)/b6-2+,16-5-. The van der Waals surface area contributed by atoms with E-state index in [0.717, 1.165) is 48.6 Å². The minimum Gasteiger partial charge on any atom is -0.478 e. The Balaban J connectivity index is 2.49. The topological polar surface area (TPSA) is 46.5 Å². The maximum atomic E-state index is 12.7. The van der Waals surface area contributed by atoms with Gasteiger partial charge in [-0.15, -0.1) is 13.2 Å². The molecule has 9 heteroatoms. The lowest BCUT2D eigenvalue weighted by Crippen LogP contribution is -2.17. The molecule has 28 heavy (non-hydrogen) atoms. The molecule has 0 aromatic heterocycles. The van der Waals surface area contributed by atoms with Gasteiger partial charge in [-0.1, -0.05) is 36.4 Å². The fraction of sp³-hybridized carbons (Fsp3) is 0.105. The Morgan fingerprint density at radius 3 is 2.11 bits per heavy atom. The molecule has 2 rings (SSSR count). The van der Waals surface area contributed by atoms with E-state index >= 15 is 0 Å². The van der Waals surface area contributed by atoms with Crippen LogP contribution in [0.4, 0.5) is 26.3 Å². The lowest BCUT2D eigenvalue weighted by Gasteiger charge is -2.13. The number of carbonyl (C=O) groups is 1. The maximum absolute atomic E-state index is 12.7. The van der Waals surface area contributed by atoms with Gasteiger partial charge in [0.05, 0.1) is 5.56 Å². The summed E-state index contributed by atoms with van der Waals surface area (Å²) in [6, 6.07) is 8.72. The Hall–Kier alpha value is -3.23. The predicted octanol–water partition coefficient (Wildman–Crippen LogP) is 5.68. The number of hydrogen-bond acceptors (Lipinski definition) is 2. The number of rotatable bonds is 5. The van der Waals surface area contributed by atoms with Crippen molar-refractivity contribution < 1.29 is 41.0 Å². The molecule has 0 aliphatic carbocycles. The van der Waals surface area contributed by atoms with Crippen LogP contribution in [0.25, 0.3) is 5.57 Å². The summed E-state index contributed by atoms with van der Waals surface area (Å²) in [5, 5.41) is 8.68. The molecule has 3 nitrogen and oxygen atoms in total. The lowest BCUT2D eigenvalue weighted by molar-refractivity contribution is -0.274. The predicted molar refractivity (Wildman–Crippen MR) is 88.4 cm³/mol. The Kier molecular flexibility index (Phi) is 6.17. The zero-order valence-electron chi connectivity index (χ0n) is 13.9. The summed E-state index contributed by atoms with van der Waals surface area (Å²) in [5.41, 5.74) is -0.256. The number of carboxylic acid groups (broad SMARTS) is 1. The third-order valence-electron chi connectivity index (χ3n) is 3.40. The Morgan fingerprint density at radius 1 is 0.929 bits per heavy atom. The summed E-state index contributed by atoms with van der Waals surface area (Å²) in [4.78, 5) is 10.6. The van der Waals surface area contributed by atoms with Gasteiger partial charge in [-0.25, -0.2) is 4.79 Å². The van der Waals surface area contributed by atoms with Gasteiger partial charge in [0.1, 0.15) is 5.75 Å². The first-order chi connectivity index (χ1) is 13.0. The van der Waals surface area contributed by atoms with Gasteiger partial charge in [0.2, 0.25) is 0 Å². The van der Waals surface area contributed by atoms with E-state index in [2.05, 4.69) is 4.74 Å². The van der Waals surface area contributed by atoms with E-state index in [1.807, 2.05) is 0 Å². The lowest BCUT2D eigenvalue weighted by atomic mass is 9.96. The van der Waals surface area contributed by atoms with Crippen LogP contribution in [0.1, 0.15) is 16.7 Å². The van der Waals surface area contributed by atoms with Crippen LogP contribution in [0.3, 0.4) is 0 Å². The molecule has 0 aliphatic heterocycles. The average molecular weight is 402 g/mol. The fourth-order valence-electron chi connectivity index (χ4n) is 2.29. The highest BCUT2D eigenvalue weighted by molar-refractivity contribution is 5.84. The number of ether oxygens (including phenoxy) is 1. The van der Waals surface area contributed by atoms with Crippen molar-refractivity contribution in [2.75, 3.05) is 0 Å². The third-order valence-corrected chi connectivity index (χ3v) is 3.40. The molecule has 0 bridgehead atoms. The first-order valence-corrected chi connectivity index (χ1v) is 7.61. The summed E-state index contributed by atoms with van der Waals surface area (Å²) >= 11 is 0. The molecule has 0 unspecified atom stereocenters. The second kappa shape index (κ2) is 8.20. The van der Waals surface area contributed by atoms with E-state index in [9.17, 15) is 31.1 Å². The van der Waals surface area contributed by atoms with Gasteiger partial charge in [0, 0.05) is 6.08 Å². The molecular formula is C19H12F6O3. The van der Waals surface area contributed by atoms with E-state index in [-0.39, 0.29) is 16.7 Å². The van der Waals surface area contributed by atoms with Gasteiger partial charge < -0.3 is 9.84 Å². The van der Waals surface area contributed by atoms with Gasteiger partial charge in [0.15, 0.2) is 0 Å². The van der Waals surface area contributed by atoms with E-state index in [4.69, 9.17) is 5.11 Å². The number of hydrogen-bond donors (Lipinski definition) is 1. The number of allylic oxidation sites excluding steroid dienone is 2. The smallest absolute Gasteiger partial charge is 0.478 e. The number of aliphatic carboxylic acids is 1. The maximum Gasteiger partial charge on any atom is 0.573 e. The van der Waals surface area contributed by atoms with Crippen molar-refractivity contribution in [3.05, 3.63) is 83.4 Å². The summed E-state index contributed by atoms with van der Waals surface area (Å²) in [6.07, 6.45) is -6.30. The average Bonchev–Trinajstić information content (AvgIpc) is 2.56. The van der Waals surface area contributed by atoms with Crippen LogP contribution < -0.4 is 4.74 Å². The quantitative estimate of drug-likeness (QED) is 0.398.